The standard InChI is InChI=1S/C25H42O3Si/c1-12(2)29(13(3)4,14(5)6)28-23-18-9-15-17-10-16-19(22(27)21(15)26)20(16)25(17,18)11-24(23,7)8/h9,12-17,19-23,26-27H,10-11H2,1-8H3/t15-,16+,17-,19-,20+,21+,22-,23-,25-/m0/s1. The summed E-state index contributed by atoms with van der Waals surface area (Å²) >= 11 is 0. The van der Waals surface area contributed by atoms with Gasteiger partial charge in [-0.3, -0.25) is 0 Å². The SMILES string of the molecule is CC(C)[Si](O[C@H]1C2=C[C@@H]3[C@@H](O)[C@@H](O)[C@H]4[C@H]5C[C@@H]3[C@]2(CC1(C)C)[C@H]54)(C(C)C)C(C)C. The molecule has 0 aromatic carbocycles. The molecule has 6 aliphatic rings. The molecule has 6 rings (SSSR count). The fourth-order valence-corrected chi connectivity index (χ4v) is 15.3. The first-order valence-corrected chi connectivity index (χ1v) is 14.3. The van der Waals surface area contributed by atoms with Crippen LogP contribution in [0.25, 0.3) is 0 Å². The van der Waals surface area contributed by atoms with Gasteiger partial charge in [0.2, 0.25) is 8.32 Å². The van der Waals surface area contributed by atoms with E-state index >= 15 is 0 Å². The van der Waals surface area contributed by atoms with Gasteiger partial charge in [0, 0.05) is 11.3 Å². The van der Waals surface area contributed by atoms with E-state index in [2.05, 4.69) is 61.5 Å². The number of hydrogen-bond donors (Lipinski definition) is 2. The Kier molecular flexibility index (Phi) is 4.28. The molecule has 0 unspecified atom stereocenters. The Labute approximate surface area is 178 Å². The van der Waals surface area contributed by atoms with Crippen LogP contribution in [0, 0.1) is 40.4 Å². The second-order valence-corrected chi connectivity index (χ2v) is 18.2. The van der Waals surface area contributed by atoms with E-state index in [0.717, 1.165) is 0 Å². The molecule has 0 aliphatic heterocycles. The summed E-state index contributed by atoms with van der Waals surface area (Å²) in [4.78, 5) is 0. The molecule has 3 nitrogen and oxygen atoms in total. The summed E-state index contributed by atoms with van der Waals surface area (Å²) in [7, 11) is -2.00. The van der Waals surface area contributed by atoms with Crippen LogP contribution in [0.2, 0.25) is 16.6 Å². The predicted octanol–water partition coefficient (Wildman–Crippen LogP) is 5.14. The van der Waals surface area contributed by atoms with Crippen LogP contribution in [0.3, 0.4) is 0 Å². The lowest BCUT2D eigenvalue weighted by atomic mass is 9.69. The number of aliphatic hydroxyl groups excluding tert-OH is 2. The lowest BCUT2D eigenvalue weighted by Gasteiger charge is -2.47. The van der Waals surface area contributed by atoms with Crippen molar-refractivity contribution in [3.05, 3.63) is 11.6 Å². The molecule has 6 aliphatic carbocycles. The van der Waals surface area contributed by atoms with E-state index in [9.17, 15) is 10.2 Å². The second kappa shape index (κ2) is 5.99. The zero-order valence-electron chi connectivity index (χ0n) is 19.6. The quantitative estimate of drug-likeness (QED) is 0.480. The first-order chi connectivity index (χ1) is 13.4. The third-order valence-corrected chi connectivity index (χ3v) is 16.4. The van der Waals surface area contributed by atoms with Gasteiger partial charge in [0.25, 0.3) is 0 Å². The molecule has 0 radical (unpaired) electrons. The third kappa shape index (κ3) is 2.25. The Morgan fingerprint density at radius 1 is 1.00 bits per heavy atom. The average Bonchev–Trinajstić information content (AvgIpc) is 3.07. The van der Waals surface area contributed by atoms with E-state index in [4.69, 9.17) is 4.43 Å². The van der Waals surface area contributed by atoms with Gasteiger partial charge in [-0.15, -0.1) is 0 Å². The molecule has 2 N–H and O–H groups in total. The van der Waals surface area contributed by atoms with Gasteiger partial charge in [-0.2, -0.15) is 0 Å². The van der Waals surface area contributed by atoms with Gasteiger partial charge >= 0.3 is 0 Å². The molecule has 5 fully saturated rings. The maximum Gasteiger partial charge on any atom is 0.201 e. The maximum absolute atomic E-state index is 11.0. The number of rotatable bonds is 5. The Balaban J connectivity index is 1.60. The maximum atomic E-state index is 11.0. The van der Waals surface area contributed by atoms with Crippen molar-refractivity contribution in [2.24, 2.45) is 40.4 Å². The molecular weight excluding hydrogens is 376 g/mol. The largest absolute Gasteiger partial charge is 0.409 e. The van der Waals surface area contributed by atoms with Crippen LogP contribution in [-0.2, 0) is 4.43 Å². The van der Waals surface area contributed by atoms with Crippen LogP contribution in [0.15, 0.2) is 11.6 Å². The molecule has 0 aromatic rings. The van der Waals surface area contributed by atoms with E-state index in [0.29, 0.717) is 40.3 Å². The molecule has 9 atom stereocenters. The molecule has 5 saturated carbocycles. The Morgan fingerprint density at radius 2 is 1.59 bits per heavy atom. The Bertz CT molecular complexity index is 719. The van der Waals surface area contributed by atoms with Gasteiger partial charge in [0.15, 0.2) is 0 Å². The molecule has 4 heteroatoms. The van der Waals surface area contributed by atoms with E-state index in [1.165, 1.54) is 18.4 Å². The highest BCUT2D eigenvalue weighted by Gasteiger charge is 2.81. The Hall–Kier alpha value is -0.163. The number of hydrogen-bond acceptors (Lipinski definition) is 3. The summed E-state index contributed by atoms with van der Waals surface area (Å²) in [5.41, 5.74) is 3.58. The predicted molar refractivity (Wildman–Crippen MR) is 119 cm³/mol. The minimum absolute atomic E-state index is 0.119. The third-order valence-electron chi connectivity index (χ3n) is 10.3. The van der Waals surface area contributed by atoms with Crippen LogP contribution in [0.4, 0.5) is 0 Å². The highest BCUT2D eigenvalue weighted by Crippen LogP contribution is 2.83. The summed E-state index contributed by atoms with van der Waals surface area (Å²) in [6.07, 6.45) is 3.87. The lowest BCUT2D eigenvalue weighted by molar-refractivity contribution is -0.0176. The zero-order chi connectivity index (χ0) is 21.3. The van der Waals surface area contributed by atoms with Gasteiger partial charge in [-0.05, 0) is 64.1 Å². The molecule has 0 saturated heterocycles. The van der Waals surface area contributed by atoms with Crippen molar-refractivity contribution in [1.29, 1.82) is 0 Å². The van der Waals surface area contributed by atoms with E-state index < -0.39 is 20.5 Å². The highest BCUT2D eigenvalue weighted by atomic mass is 28.4. The summed E-state index contributed by atoms with van der Waals surface area (Å²) in [5.74, 6) is 2.20. The minimum Gasteiger partial charge on any atom is -0.409 e. The number of aliphatic hydroxyl groups is 2. The molecule has 0 amide bonds. The van der Waals surface area contributed by atoms with Crippen molar-refractivity contribution in [3.8, 4) is 0 Å². The van der Waals surface area contributed by atoms with Gasteiger partial charge in [-0.25, -0.2) is 0 Å². The fourth-order valence-electron chi connectivity index (χ4n) is 9.61. The van der Waals surface area contributed by atoms with Gasteiger partial charge in [0.05, 0.1) is 18.3 Å². The second-order valence-electron chi connectivity index (χ2n) is 12.8. The average molecular weight is 419 g/mol. The molecular formula is C25H42O3Si. The van der Waals surface area contributed by atoms with Crippen molar-refractivity contribution in [3.63, 3.8) is 0 Å². The van der Waals surface area contributed by atoms with Crippen molar-refractivity contribution >= 4 is 8.32 Å². The van der Waals surface area contributed by atoms with E-state index in [1.54, 1.807) is 0 Å². The first-order valence-electron chi connectivity index (χ1n) is 12.2. The molecule has 164 valence electrons. The van der Waals surface area contributed by atoms with E-state index in [-0.39, 0.29) is 22.9 Å². The van der Waals surface area contributed by atoms with E-state index in [1.807, 2.05) is 0 Å². The summed E-state index contributed by atoms with van der Waals surface area (Å²) in [6.45, 7) is 19.1. The van der Waals surface area contributed by atoms with Gasteiger partial charge < -0.3 is 14.6 Å². The monoisotopic (exact) mass is 418 g/mol. The molecule has 29 heavy (non-hydrogen) atoms. The molecule has 0 aromatic heterocycles. The fraction of sp³-hybridized carbons (Fsp3) is 0.920. The molecule has 1 spiro atoms. The smallest absolute Gasteiger partial charge is 0.201 e. The summed E-state index contributed by atoms with van der Waals surface area (Å²) in [6, 6.07) is 0. The van der Waals surface area contributed by atoms with Crippen molar-refractivity contribution < 1.29 is 14.6 Å². The topological polar surface area (TPSA) is 49.7 Å². The van der Waals surface area contributed by atoms with Crippen LogP contribution in [0.1, 0.15) is 68.2 Å². The normalized spacial score (nSPS) is 49.1. The van der Waals surface area contributed by atoms with Crippen molar-refractivity contribution in [1.82, 2.24) is 0 Å². The van der Waals surface area contributed by atoms with Gasteiger partial charge in [0.1, 0.15) is 0 Å². The minimum atomic E-state index is -2.00. The number of fused-ring (bicyclic) bond motifs is 1. The lowest BCUT2D eigenvalue weighted by Crippen LogP contribution is -2.52. The Morgan fingerprint density at radius 3 is 2.14 bits per heavy atom. The summed E-state index contributed by atoms with van der Waals surface area (Å²) < 4.78 is 7.48. The summed E-state index contributed by atoms with van der Waals surface area (Å²) in [5, 5.41) is 21.8. The van der Waals surface area contributed by atoms with Crippen LogP contribution >= 0.6 is 0 Å². The van der Waals surface area contributed by atoms with Gasteiger partial charge in [-0.1, -0.05) is 61.5 Å². The van der Waals surface area contributed by atoms with Crippen LogP contribution in [-0.4, -0.2) is 36.8 Å². The van der Waals surface area contributed by atoms with Crippen LogP contribution < -0.4 is 0 Å². The van der Waals surface area contributed by atoms with Crippen molar-refractivity contribution in [2.45, 2.75) is 103 Å². The first kappa shape index (κ1) is 20.7. The highest BCUT2D eigenvalue weighted by molar-refractivity contribution is 6.77. The zero-order valence-corrected chi connectivity index (χ0v) is 20.6. The molecule has 0 heterocycles. The van der Waals surface area contributed by atoms with Crippen molar-refractivity contribution in [2.75, 3.05) is 0 Å². The molecule has 6 bridgehead atoms. The van der Waals surface area contributed by atoms with Crippen LogP contribution in [0.5, 0.6) is 0 Å².